The predicted octanol–water partition coefficient (Wildman–Crippen LogP) is 23.5. The number of hydrogen-bond acceptors (Lipinski definition) is 5. The van der Waals surface area contributed by atoms with Crippen molar-refractivity contribution in [2.45, 2.75) is 411 Å². The third-order valence-electron chi connectivity index (χ3n) is 16.9. The highest BCUT2D eigenvalue weighted by Gasteiger charge is 2.18. The zero-order valence-corrected chi connectivity index (χ0v) is 54.1. The van der Waals surface area contributed by atoms with Crippen molar-refractivity contribution < 1.29 is 24.5 Å². The van der Waals surface area contributed by atoms with E-state index >= 15 is 0 Å². The van der Waals surface area contributed by atoms with Crippen molar-refractivity contribution in [3.05, 3.63) is 36.5 Å². The molecule has 0 radical (unpaired) electrons. The van der Waals surface area contributed by atoms with Gasteiger partial charge in [-0.15, -0.1) is 0 Å². The lowest BCUT2D eigenvalue weighted by molar-refractivity contribution is -0.143. The molecule has 0 fully saturated rings. The summed E-state index contributed by atoms with van der Waals surface area (Å²) in [6, 6.07) is -0.627. The van der Waals surface area contributed by atoms with Crippen LogP contribution < -0.4 is 5.32 Å². The Bertz CT molecular complexity index is 1300. The summed E-state index contributed by atoms with van der Waals surface area (Å²) in [5.74, 6) is -0.0500. The Kier molecular flexibility index (Phi) is 67.9. The first-order valence-electron chi connectivity index (χ1n) is 36.3. The van der Waals surface area contributed by atoms with Gasteiger partial charge in [0, 0.05) is 12.8 Å². The number of aliphatic hydroxyl groups excluding tert-OH is 2. The number of carbonyl (C=O) groups excluding carboxylic acids is 2. The Balaban J connectivity index is 3.37. The fourth-order valence-corrected chi connectivity index (χ4v) is 11.3. The molecule has 80 heavy (non-hydrogen) atoms. The van der Waals surface area contributed by atoms with Gasteiger partial charge in [0.15, 0.2) is 0 Å². The Morgan fingerprint density at radius 2 is 0.588 bits per heavy atom. The maximum absolute atomic E-state index is 12.5. The number of carbonyl (C=O) groups is 2. The molecule has 0 bridgehead atoms. The third-order valence-corrected chi connectivity index (χ3v) is 16.9. The van der Waals surface area contributed by atoms with E-state index in [0.717, 1.165) is 44.9 Å². The maximum Gasteiger partial charge on any atom is 0.305 e. The number of ether oxygens (including phenoxy) is 1. The van der Waals surface area contributed by atoms with Crippen LogP contribution in [0.15, 0.2) is 36.5 Å². The number of nitrogens with one attached hydrogen (secondary N) is 1. The smallest absolute Gasteiger partial charge is 0.305 e. The van der Waals surface area contributed by atoms with Crippen molar-refractivity contribution in [3.63, 3.8) is 0 Å². The first-order chi connectivity index (χ1) is 39.5. The minimum absolute atomic E-state index is 0.0144. The Morgan fingerprint density at radius 3 is 0.887 bits per heavy atom. The van der Waals surface area contributed by atoms with Gasteiger partial charge in [-0.25, -0.2) is 0 Å². The number of aliphatic hydroxyl groups is 2. The van der Waals surface area contributed by atoms with E-state index in [0.29, 0.717) is 19.4 Å². The molecule has 0 spiro atoms. The van der Waals surface area contributed by atoms with Crippen LogP contribution in [-0.2, 0) is 14.3 Å². The van der Waals surface area contributed by atoms with E-state index in [1.807, 2.05) is 6.08 Å². The second-order valence-electron chi connectivity index (χ2n) is 24.9. The van der Waals surface area contributed by atoms with Crippen LogP contribution in [-0.4, -0.2) is 47.4 Å². The lowest BCUT2D eigenvalue weighted by Crippen LogP contribution is -2.45. The van der Waals surface area contributed by atoms with E-state index in [-0.39, 0.29) is 18.5 Å². The molecular weight excluding hydrogens is 983 g/mol. The van der Waals surface area contributed by atoms with Gasteiger partial charge in [0.1, 0.15) is 0 Å². The number of allylic oxidation sites excluding steroid dienone is 5. The summed E-state index contributed by atoms with van der Waals surface area (Å²) >= 11 is 0. The van der Waals surface area contributed by atoms with E-state index in [2.05, 4.69) is 43.5 Å². The van der Waals surface area contributed by atoms with Crippen molar-refractivity contribution in [2.75, 3.05) is 13.2 Å². The van der Waals surface area contributed by atoms with Gasteiger partial charge in [-0.1, -0.05) is 339 Å². The molecule has 6 heteroatoms. The molecule has 3 N–H and O–H groups in total. The molecule has 2 atom stereocenters. The molecule has 0 rings (SSSR count). The van der Waals surface area contributed by atoms with Crippen LogP contribution in [0, 0.1) is 0 Å². The molecule has 1 amide bonds. The molecule has 0 aromatic heterocycles. The fourth-order valence-electron chi connectivity index (χ4n) is 11.3. The summed E-state index contributed by atoms with van der Waals surface area (Å²) in [6.45, 7) is 4.93. The molecule has 0 saturated carbocycles. The first kappa shape index (κ1) is 78.1. The van der Waals surface area contributed by atoms with Crippen LogP contribution in [0.3, 0.4) is 0 Å². The zero-order chi connectivity index (χ0) is 57.8. The van der Waals surface area contributed by atoms with Crippen LogP contribution >= 0.6 is 0 Å². The number of esters is 1. The molecule has 0 aromatic rings. The molecule has 0 aliphatic heterocycles. The van der Waals surface area contributed by atoms with Gasteiger partial charge in [0.2, 0.25) is 5.91 Å². The van der Waals surface area contributed by atoms with Crippen molar-refractivity contribution >= 4 is 11.9 Å². The molecule has 0 heterocycles. The topological polar surface area (TPSA) is 95.9 Å². The van der Waals surface area contributed by atoms with Crippen LogP contribution in [0.5, 0.6) is 0 Å². The molecule has 0 saturated heterocycles. The van der Waals surface area contributed by atoms with Crippen molar-refractivity contribution in [2.24, 2.45) is 0 Å². The van der Waals surface area contributed by atoms with Crippen molar-refractivity contribution in [1.82, 2.24) is 5.32 Å². The van der Waals surface area contributed by atoms with E-state index < -0.39 is 12.1 Å². The number of unbranched alkanes of at least 4 members (excludes halogenated alkanes) is 53. The summed E-state index contributed by atoms with van der Waals surface area (Å²) in [6.07, 6.45) is 89.5. The highest BCUT2D eigenvalue weighted by atomic mass is 16.5. The summed E-state index contributed by atoms with van der Waals surface area (Å²) in [4.78, 5) is 24.6. The Labute approximate surface area is 500 Å². The van der Waals surface area contributed by atoms with E-state index in [9.17, 15) is 19.8 Å². The minimum Gasteiger partial charge on any atom is -0.466 e. The quantitative estimate of drug-likeness (QED) is 0.0320. The third kappa shape index (κ3) is 65.2. The Hall–Kier alpha value is -1.92. The lowest BCUT2D eigenvalue weighted by Gasteiger charge is -2.20. The summed E-state index contributed by atoms with van der Waals surface area (Å²) < 4.78 is 5.51. The summed E-state index contributed by atoms with van der Waals surface area (Å²) in [5.41, 5.74) is 0. The van der Waals surface area contributed by atoms with E-state index in [1.165, 1.54) is 327 Å². The Morgan fingerprint density at radius 1 is 0.338 bits per heavy atom. The fraction of sp³-hybridized carbons (Fsp3) is 0.892. The second kappa shape index (κ2) is 69.6. The minimum atomic E-state index is -0.843. The van der Waals surface area contributed by atoms with E-state index in [4.69, 9.17) is 4.74 Å². The van der Waals surface area contributed by atoms with Gasteiger partial charge in [0.25, 0.3) is 0 Å². The van der Waals surface area contributed by atoms with E-state index in [1.54, 1.807) is 6.08 Å². The first-order valence-corrected chi connectivity index (χ1v) is 36.3. The molecule has 0 aliphatic carbocycles. The monoisotopic (exact) mass is 1120 g/mol. The standard InChI is InChI=1S/C74H141NO5/c1-3-5-7-9-11-13-15-17-19-20-36-40-44-48-52-56-60-64-68-74(79)80-69-65-61-57-53-49-45-41-37-34-32-30-28-26-24-22-21-23-25-27-29-31-33-35-39-43-47-51-55-59-63-67-73(78)75-71(70-76)72(77)66-62-58-54-50-46-42-38-18-16-14-12-10-8-6-4-2/h19-20,22,24,62,66,71-72,76-77H,3-18,21,23,25-61,63-65,67-70H2,1-2H3,(H,75,78)/b20-19-,24-22-,66-62+. The van der Waals surface area contributed by atoms with Crippen LogP contribution in [0.2, 0.25) is 0 Å². The van der Waals surface area contributed by atoms with Gasteiger partial charge in [-0.2, -0.15) is 0 Å². The normalized spacial score (nSPS) is 12.7. The van der Waals surface area contributed by atoms with Gasteiger partial charge in [-0.3, -0.25) is 9.59 Å². The number of amides is 1. The van der Waals surface area contributed by atoms with Crippen LogP contribution in [0.4, 0.5) is 0 Å². The highest BCUT2D eigenvalue weighted by Crippen LogP contribution is 2.18. The largest absolute Gasteiger partial charge is 0.466 e. The van der Waals surface area contributed by atoms with Gasteiger partial charge in [-0.05, 0) is 83.5 Å². The molecule has 0 aromatic carbocycles. The second-order valence-corrected chi connectivity index (χ2v) is 24.9. The lowest BCUT2D eigenvalue weighted by atomic mass is 10.0. The SMILES string of the molecule is CCCCCCCCC/C=C\CCCCCCCCCC(=O)OCCCCCCCCCCCCCC/C=C\CCCCCCCCCCCCCCCCC(=O)NC(CO)C(O)/C=C/CCCCCCCCCCCCCCC. The van der Waals surface area contributed by atoms with Gasteiger partial charge < -0.3 is 20.3 Å². The molecule has 472 valence electrons. The molecular formula is C74H141NO5. The predicted molar refractivity (Wildman–Crippen MR) is 352 cm³/mol. The average molecular weight is 1120 g/mol. The number of rotatable bonds is 68. The highest BCUT2D eigenvalue weighted by molar-refractivity contribution is 5.76. The van der Waals surface area contributed by atoms with Crippen LogP contribution in [0.25, 0.3) is 0 Å². The number of hydrogen-bond donors (Lipinski definition) is 3. The summed E-state index contributed by atoms with van der Waals surface area (Å²) in [5, 5.41) is 23.2. The molecule has 0 aliphatic rings. The van der Waals surface area contributed by atoms with Crippen molar-refractivity contribution in [3.8, 4) is 0 Å². The molecule has 6 nitrogen and oxygen atoms in total. The molecule has 2 unspecified atom stereocenters. The van der Waals surface area contributed by atoms with Crippen LogP contribution in [0.1, 0.15) is 399 Å². The average Bonchev–Trinajstić information content (AvgIpc) is 3.46. The maximum atomic E-state index is 12.5. The van der Waals surface area contributed by atoms with Gasteiger partial charge in [0.05, 0.1) is 25.4 Å². The zero-order valence-electron chi connectivity index (χ0n) is 54.1. The van der Waals surface area contributed by atoms with Gasteiger partial charge >= 0.3 is 5.97 Å². The van der Waals surface area contributed by atoms with Crippen molar-refractivity contribution in [1.29, 1.82) is 0 Å². The summed E-state index contributed by atoms with van der Waals surface area (Å²) in [7, 11) is 0.